The van der Waals surface area contributed by atoms with Crippen LogP contribution >= 0.6 is 23.2 Å². The van der Waals surface area contributed by atoms with Gasteiger partial charge in [0.15, 0.2) is 0 Å². The number of aliphatic imine (C=N–C) groups is 1. The van der Waals surface area contributed by atoms with E-state index in [1.54, 1.807) is 6.92 Å². The molecule has 0 bridgehead atoms. The molecule has 2 aliphatic rings. The molecule has 0 saturated carbocycles. The van der Waals surface area contributed by atoms with Crippen molar-refractivity contribution < 1.29 is 19.1 Å². The van der Waals surface area contributed by atoms with E-state index in [9.17, 15) is 14.4 Å². The summed E-state index contributed by atoms with van der Waals surface area (Å²) in [7, 11) is 1.39. The highest BCUT2D eigenvalue weighted by molar-refractivity contribution is 6.31. The predicted octanol–water partition coefficient (Wildman–Crippen LogP) is 4.66. The first-order valence-electron chi connectivity index (χ1n) is 14.5. The maximum atomic E-state index is 12.4. The van der Waals surface area contributed by atoms with Crippen molar-refractivity contribution in [3.05, 3.63) is 72.8 Å². The first kappa shape index (κ1) is 32.3. The fourth-order valence-corrected chi connectivity index (χ4v) is 5.91. The molecule has 0 aromatic carbocycles. The number of aromatic nitrogens is 2. The number of nitrogens with one attached hydrogen (secondary N) is 3. The van der Waals surface area contributed by atoms with Gasteiger partial charge in [-0.15, -0.1) is 23.2 Å². The van der Waals surface area contributed by atoms with Crippen LogP contribution in [0.25, 0.3) is 18.2 Å². The van der Waals surface area contributed by atoms with Crippen molar-refractivity contribution >= 4 is 64.9 Å². The van der Waals surface area contributed by atoms with Gasteiger partial charge in [0.05, 0.1) is 12.8 Å². The van der Waals surface area contributed by atoms with E-state index in [-0.39, 0.29) is 24.2 Å². The molecular formula is C33H38Cl2N4O4. The van der Waals surface area contributed by atoms with Gasteiger partial charge in [0, 0.05) is 57.1 Å². The number of esters is 1. The summed E-state index contributed by atoms with van der Waals surface area (Å²) >= 11 is 11.9. The highest BCUT2D eigenvalue weighted by Gasteiger charge is 2.24. The van der Waals surface area contributed by atoms with Crippen molar-refractivity contribution in [1.29, 1.82) is 0 Å². The van der Waals surface area contributed by atoms with Gasteiger partial charge >= 0.3 is 5.97 Å². The van der Waals surface area contributed by atoms with Gasteiger partial charge < -0.3 is 20.0 Å². The lowest BCUT2D eigenvalue weighted by Gasteiger charge is -2.05. The van der Waals surface area contributed by atoms with Crippen LogP contribution in [0.3, 0.4) is 0 Å². The number of halogens is 2. The molecule has 0 saturated heterocycles. The summed E-state index contributed by atoms with van der Waals surface area (Å²) in [5.74, 6) is 0.133. The minimum Gasteiger partial charge on any atom is -0.469 e. The molecule has 0 unspecified atom stereocenters. The number of aromatic amines is 2. The zero-order valence-corrected chi connectivity index (χ0v) is 26.8. The third-order valence-corrected chi connectivity index (χ3v) is 8.35. The number of nitrogens with zero attached hydrogens (tertiary/aromatic N) is 1. The minimum atomic E-state index is -0.287. The van der Waals surface area contributed by atoms with Crippen molar-refractivity contribution in [3.63, 3.8) is 0 Å². The number of H-pyrrole nitrogens is 2. The van der Waals surface area contributed by atoms with Crippen LogP contribution in [-0.4, -0.2) is 52.3 Å². The average molecular weight is 626 g/mol. The fraction of sp³-hybridized carbons (Fsp3) is 0.394. The molecule has 0 radical (unpaired) electrons. The molecule has 8 nitrogen and oxygen atoms in total. The van der Waals surface area contributed by atoms with Crippen LogP contribution in [0.15, 0.2) is 39.0 Å². The number of carbonyl (C=O) groups excluding carboxylic acids is 3. The summed E-state index contributed by atoms with van der Waals surface area (Å²) in [4.78, 5) is 48.2. The van der Waals surface area contributed by atoms with Gasteiger partial charge in [-0.25, -0.2) is 4.99 Å². The van der Waals surface area contributed by atoms with Crippen LogP contribution in [0.1, 0.15) is 74.5 Å². The number of allylic oxidation sites excluding steroid dienone is 2. The summed E-state index contributed by atoms with van der Waals surface area (Å²) in [5.41, 5.74) is 9.23. The van der Waals surface area contributed by atoms with Crippen LogP contribution in [0.2, 0.25) is 0 Å². The van der Waals surface area contributed by atoms with Gasteiger partial charge in [0.1, 0.15) is 0 Å². The number of carbonyl (C=O) groups is 3. The molecule has 2 aromatic rings. The smallest absolute Gasteiger partial charge is 0.305 e. The lowest BCUT2D eigenvalue weighted by molar-refractivity contribution is -0.140. The Balaban J connectivity index is 1.83. The van der Waals surface area contributed by atoms with Gasteiger partial charge in [0.25, 0.3) is 11.8 Å². The van der Waals surface area contributed by atoms with E-state index in [2.05, 4.69) is 39.3 Å². The Morgan fingerprint density at radius 1 is 0.930 bits per heavy atom. The number of ether oxygens (including phenoxy) is 1. The number of alkyl halides is 2. The highest BCUT2D eigenvalue weighted by atomic mass is 35.5. The Bertz CT molecular complexity index is 1700. The Morgan fingerprint density at radius 3 is 2.33 bits per heavy atom. The normalized spacial score (nSPS) is 17.2. The summed E-state index contributed by atoms with van der Waals surface area (Å²) in [6.45, 7) is 7.84. The monoisotopic (exact) mass is 624 g/mol. The van der Waals surface area contributed by atoms with E-state index in [4.69, 9.17) is 27.9 Å². The quantitative estimate of drug-likeness (QED) is 0.235. The van der Waals surface area contributed by atoms with Crippen LogP contribution in [-0.2, 0) is 32.0 Å². The maximum absolute atomic E-state index is 12.4. The Labute approximate surface area is 261 Å². The van der Waals surface area contributed by atoms with Crippen LogP contribution in [0.5, 0.6) is 0 Å². The molecule has 4 heterocycles. The second-order valence-corrected chi connectivity index (χ2v) is 11.5. The zero-order chi connectivity index (χ0) is 31.3. The standard InChI is InChI=1S/C33H38Cl2N4O4/c1-6-7-21-14-22(15-26-19(3)25(11-13-35)33(42)38-26)36-28(21)17-29-23(8-9-31(40)43-5)18(2)27(37-29)16-30-24(10-12-34)20(4)32(41)39-30/h14-17,36-37H,6-13H2,1-5H3,(H,39,41)/b22-15-,28-17-,30-16-. The third-order valence-electron chi connectivity index (χ3n) is 7.97. The lowest BCUT2D eigenvalue weighted by atomic mass is 10.0. The number of hydrogen-bond donors (Lipinski definition) is 3. The fourth-order valence-electron chi connectivity index (χ4n) is 5.53. The average Bonchev–Trinajstić information content (AvgIpc) is 3.65. The molecule has 2 aromatic heterocycles. The van der Waals surface area contributed by atoms with Crippen molar-refractivity contribution in [3.8, 4) is 0 Å². The number of methoxy groups -OCH3 is 1. The SMILES string of the molecule is CCCc1c/c(=C/C2=NC(=O)C(CCCl)=C2C)[nH]/c1=C\c1[nH]c(/C=C2\NC(=O)C(C)=C2CCCl)c(C)c1CCC(=O)OC. The molecule has 3 N–H and O–H groups in total. The van der Waals surface area contributed by atoms with E-state index < -0.39 is 0 Å². The van der Waals surface area contributed by atoms with Gasteiger partial charge in [0.2, 0.25) is 0 Å². The van der Waals surface area contributed by atoms with E-state index >= 15 is 0 Å². The molecule has 43 heavy (non-hydrogen) atoms. The molecule has 0 fully saturated rings. The number of rotatable bonds is 12. The molecule has 228 valence electrons. The van der Waals surface area contributed by atoms with E-state index in [1.165, 1.54) is 7.11 Å². The molecule has 4 rings (SSSR count). The van der Waals surface area contributed by atoms with Crippen molar-refractivity contribution in [1.82, 2.24) is 15.3 Å². The molecular weight excluding hydrogens is 587 g/mol. The highest BCUT2D eigenvalue weighted by Crippen LogP contribution is 2.29. The van der Waals surface area contributed by atoms with Crippen LogP contribution in [0.4, 0.5) is 0 Å². The summed E-state index contributed by atoms with van der Waals surface area (Å²) < 4.78 is 4.91. The number of aryl methyl sites for hydroxylation is 1. The Hall–Kier alpha value is -3.62. The molecule has 2 amide bonds. The van der Waals surface area contributed by atoms with Crippen molar-refractivity contribution in [2.24, 2.45) is 4.99 Å². The van der Waals surface area contributed by atoms with Crippen molar-refractivity contribution in [2.75, 3.05) is 18.9 Å². The van der Waals surface area contributed by atoms with Gasteiger partial charge in [-0.05, 0) is 98.6 Å². The molecule has 10 heteroatoms. The van der Waals surface area contributed by atoms with E-state index in [1.807, 2.05) is 26.0 Å². The Kier molecular flexibility index (Phi) is 10.7. The summed E-state index contributed by atoms with van der Waals surface area (Å²) in [6.07, 6.45) is 9.46. The zero-order valence-electron chi connectivity index (χ0n) is 25.3. The van der Waals surface area contributed by atoms with Gasteiger partial charge in [-0.2, -0.15) is 0 Å². The molecule has 2 aliphatic heterocycles. The number of hydrogen-bond acceptors (Lipinski definition) is 4. The van der Waals surface area contributed by atoms with E-state index in [0.717, 1.165) is 68.5 Å². The first-order chi connectivity index (χ1) is 20.6. The van der Waals surface area contributed by atoms with E-state index in [0.29, 0.717) is 47.9 Å². The largest absolute Gasteiger partial charge is 0.469 e. The van der Waals surface area contributed by atoms with Gasteiger partial charge in [-0.1, -0.05) is 13.3 Å². The van der Waals surface area contributed by atoms with Crippen LogP contribution < -0.4 is 16.0 Å². The second-order valence-electron chi connectivity index (χ2n) is 10.7. The van der Waals surface area contributed by atoms with Crippen LogP contribution in [0, 0.1) is 6.92 Å². The molecule has 0 atom stereocenters. The lowest BCUT2D eigenvalue weighted by Crippen LogP contribution is -2.15. The topological polar surface area (TPSA) is 116 Å². The third kappa shape index (κ3) is 7.13. The minimum absolute atomic E-state index is 0.124. The van der Waals surface area contributed by atoms with Gasteiger partial charge in [-0.3, -0.25) is 14.4 Å². The second kappa shape index (κ2) is 14.2. The summed E-state index contributed by atoms with van der Waals surface area (Å²) in [5, 5.41) is 4.73. The first-order valence-corrected chi connectivity index (χ1v) is 15.6. The van der Waals surface area contributed by atoms with Crippen molar-refractivity contribution in [2.45, 2.75) is 66.2 Å². The predicted molar refractivity (Wildman–Crippen MR) is 173 cm³/mol. The Morgan fingerprint density at radius 2 is 1.65 bits per heavy atom. The molecule has 0 aliphatic carbocycles. The summed E-state index contributed by atoms with van der Waals surface area (Å²) in [6, 6.07) is 2.09. The molecule has 0 spiro atoms. The maximum Gasteiger partial charge on any atom is 0.305 e. The number of amides is 2.